The van der Waals surface area contributed by atoms with E-state index in [-0.39, 0.29) is 6.54 Å². The van der Waals surface area contributed by atoms with Crippen molar-refractivity contribution in [1.82, 2.24) is 14.7 Å². The molecule has 3 nitrogen and oxygen atoms in total. The van der Waals surface area contributed by atoms with Crippen molar-refractivity contribution in [3.8, 4) is 0 Å². The van der Waals surface area contributed by atoms with Crippen molar-refractivity contribution < 1.29 is 8.78 Å². The molecule has 0 aliphatic carbocycles. The molecule has 0 saturated carbocycles. The highest BCUT2D eigenvalue weighted by Gasteiger charge is 2.50. The minimum Gasteiger partial charge on any atom is -0.298 e. The van der Waals surface area contributed by atoms with Crippen LogP contribution >= 0.6 is 0 Å². The third kappa shape index (κ3) is 3.78. The molecule has 5 heteroatoms. The summed E-state index contributed by atoms with van der Waals surface area (Å²) in [7, 11) is 0. The lowest BCUT2D eigenvalue weighted by atomic mass is 9.85. The van der Waals surface area contributed by atoms with E-state index < -0.39 is 12.0 Å². The fourth-order valence-corrected chi connectivity index (χ4v) is 4.75. The highest BCUT2D eigenvalue weighted by Crippen LogP contribution is 2.36. The first-order valence-electron chi connectivity index (χ1n) is 9.88. The molecule has 0 spiro atoms. The molecule has 0 N–H and O–H groups in total. The Hall–Kier alpha value is -0.260. The second-order valence-electron chi connectivity index (χ2n) is 8.85. The Kier molecular flexibility index (Phi) is 5.53. The SMILES string of the molecule is CC(C)C1CCN(C2CCN(C3CN(C(C)C)C3)CC2(F)F)CC1. The summed E-state index contributed by atoms with van der Waals surface area (Å²) in [5.74, 6) is -1.18. The Labute approximate surface area is 146 Å². The molecule has 0 aromatic rings. The predicted octanol–water partition coefficient (Wildman–Crippen LogP) is 3.16. The largest absolute Gasteiger partial charge is 0.298 e. The average molecular weight is 344 g/mol. The zero-order chi connectivity index (χ0) is 17.5. The topological polar surface area (TPSA) is 9.72 Å². The zero-order valence-corrected chi connectivity index (χ0v) is 15.8. The third-order valence-electron chi connectivity index (χ3n) is 6.69. The van der Waals surface area contributed by atoms with E-state index in [4.69, 9.17) is 0 Å². The summed E-state index contributed by atoms with van der Waals surface area (Å²) < 4.78 is 29.7. The summed E-state index contributed by atoms with van der Waals surface area (Å²) in [6, 6.07) is 0.329. The van der Waals surface area contributed by atoms with Gasteiger partial charge in [0.05, 0.1) is 12.6 Å². The maximum Gasteiger partial charge on any atom is 0.275 e. The van der Waals surface area contributed by atoms with Crippen LogP contribution in [0.4, 0.5) is 8.78 Å². The van der Waals surface area contributed by atoms with Gasteiger partial charge in [0.2, 0.25) is 0 Å². The van der Waals surface area contributed by atoms with E-state index in [9.17, 15) is 8.78 Å². The molecule has 0 aromatic carbocycles. The van der Waals surface area contributed by atoms with E-state index in [1.54, 1.807) is 0 Å². The Morgan fingerprint density at radius 3 is 1.96 bits per heavy atom. The lowest BCUT2D eigenvalue weighted by molar-refractivity contribution is -0.150. The van der Waals surface area contributed by atoms with Crippen molar-refractivity contribution >= 4 is 0 Å². The molecule has 3 heterocycles. The molecule has 3 aliphatic rings. The average Bonchev–Trinajstić information content (AvgIpc) is 2.44. The number of alkyl halides is 2. The van der Waals surface area contributed by atoms with Gasteiger partial charge in [-0.2, -0.15) is 0 Å². The van der Waals surface area contributed by atoms with E-state index in [0.717, 1.165) is 45.6 Å². The molecule has 3 saturated heterocycles. The number of hydrogen-bond donors (Lipinski definition) is 0. The van der Waals surface area contributed by atoms with Gasteiger partial charge in [-0.05, 0) is 58.0 Å². The smallest absolute Gasteiger partial charge is 0.275 e. The highest BCUT2D eigenvalue weighted by molar-refractivity contribution is 4.99. The Morgan fingerprint density at radius 2 is 1.46 bits per heavy atom. The van der Waals surface area contributed by atoms with E-state index in [1.165, 1.54) is 0 Å². The van der Waals surface area contributed by atoms with E-state index in [1.807, 2.05) is 0 Å². The van der Waals surface area contributed by atoms with Crippen LogP contribution in [0.15, 0.2) is 0 Å². The summed E-state index contributed by atoms with van der Waals surface area (Å²) in [5, 5.41) is 0. The molecule has 24 heavy (non-hydrogen) atoms. The molecular formula is C19H35F2N3. The van der Waals surface area contributed by atoms with Gasteiger partial charge in [0.15, 0.2) is 0 Å². The summed E-state index contributed by atoms with van der Waals surface area (Å²) in [5.41, 5.74) is 0. The summed E-state index contributed by atoms with van der Waals surface area (Å²) >= 11 is 0. The standard InChI is InChI=1S/C19H35F2N3/c1-14(2)16-5-8-22(9-6-16)18-7-10-23(13-19(18,20)21)17-11-24(12-17)15(3)4/h14-18H,5-13H2,1-4H3. The van der Waals surface area contributed by atoms with Gasteiger partial charge in [-0.3, -0.25) is 14.7 Å². The van der Waals surface area contributed by atoms with Gasteiger partial charge in [-0.15, -0.1) is 0 Å². The molecule has 0 aromatic heterocycles. The van der Waals surface area contributed by atoms with Gasteiger partial charge in [0.25, 0.3) is 5.92 Å². The molecule has 1 atom stereocenters. The minimum absolute atomic E-state index is 0.0433. The van der Waals surface area contributed by atoms with Crippen LogP contribution in [0.1, 0.15) is 47.0 Å². The fraction of sp³-hybridized carbons (Fsp3) is 1.00. The van der Waals surface area contributed by atoms with Crippen LogP contribution in [0.2, 0.25) is 0 Å². The normalized spacial score (nSPS) is 31.8. The fourth-order valence-electron chi connectivity index (χ4n) is 4.75. The first-order valence-corrected chi connectivity index (χ1v) is 9.88. The second kappa shape index (κ2) is 7.16. The molecule has 3 fully saturated rings. The first-order chi connectivity index (χ1) is 11.3. The van der Waals surface area contributed by atoms with Crippen LogP contribution in [0.5, 0.6) is 0 Å². The predicted molar refractivity (Wildman–Crippen MR) is 94.6 cm³/mol. The summed E-state index contributed by atoms with van der Waals surface area (Å²) in [4.78, 5) is 6.51. The maximum absolute atomic E-state index is 14.8. The monoisotopic (exact) mass is 343 g/mol. The van der Waals surface area contributed by atoms with E-state index in [0.29, 0.717) is 30.3 Å². The molecule has 3 aliphatic heterocycles. The molecule has 140 valence electrons. The van der Waals surface area contributed by atoms with Gasteiger partial charge in [-0.25, -0.2) is 8.78 Å². The van der Waals surface area contributed by atoms with Crippen molar-refractivity contribution in [2.75, 3.05) is 39.3 Å². The number of hydrogen-bond acceptors (Lipinski definition) is 3. The van der Waals surface area contributed by atoms with Crippen LogP contribution in [0, 0.1) is 11.8 Å². The van der Waals surface area contributed by atoms with E-state index >= 15 is 0 Å². The van der Waals surface area contributed by atoms with Crippen molar-refractivity contribution in [1.29, 1.82) is 0 Å². The third-order valence-corrected chi connectivity index (χ3v) is 6.69. The van der Waals surface area contributed by atoms with E-state index in [2.05, 4.69) is 42.4 Å². The van der Waals surface area contributed by atoms with Crippen molar-refractivity contribution in [3.63, 3.8) is 0 Å². The number of likely N-dealkylation sites (tertiary alicyclic amines) is 3. The molecule has 1 unspecified atom stereocenters. The van der Waals surface area contributed by atoms with Crippen molar-refractivity contribution in [3.05, 3.63) is 0 Å². The Balaban J connectivity index is 1.52. The van der Waals surface area contributed by atoms with Gasteiger partial charge >= 0.3 is 0 Å². The van der Waals surface area contributed by atoms with Crippen LogP contribution < -0.4 is 0 Å². The first kappa shape index (κ1) is 18.5. The van der Waals surface area contributed by atoms with Gasteiger partial charge in [0, 0.05) is 31.7 Å². The minimum atomic E-state index is -2.57. The van der Waals surface area contributed by atoms with Crippen LogP contribution in [-0.4, -0.2) is 78.0 Å². The lowest BCUT2D eigenvalue weighted by Crippen LogP contribution is -2.67. The Bertz CT molecular complexity index is 413. The highest BCUT2D eigenvalue weighted by atomic mass is 19.3. The lowest BCUT2D eigenvalue weighted by Gasteiger charge is -2.52. The quantitative estimate of drug-likeness (QED) is 0.776. The molecule has 0 amide bonds. The zero-order valence-electron chi connectivity index (χ0n) is 15.8. The molecular weight excluding hydrogens is 308 g/mol. The van der Waals surface area contributed by atoms with Crippen molar-refractivity contribution in [2.45, 2.75) is 71.0 Å². The molecule has 3 rings (SSSR count). The van der Waals surface area contributed by atoms with Crippen LogP contribution in [-0.2, 0) is 0 Å². The summed E-state index contributed by atoms with van der Waals surface area (Å²) in [6.07, 6.45) is 2.79. The number of piperidine rings is 2. The maximum atomic E-state index is 14.8. The molecule has 0 radical (unpaired) electrons. The second-order valence-corrected chi connectivity index (χ2v) is 8.85. The van der Waals surface area contributed by atoms with Gasteiger partial charge < -0.3 is 0 Å². The van der Waals surface area contributed by atoms with Gasteiger partial charge in [0.1, 0.15) is 0 Å². The summed E-state index contributed by atoms with van der Waals surface area (Å²) in [6.45, 7) is 13.3. The Morgan fingerprint density at radius 1 is 0.875 bits per heavy atom. The van der Waals surface area contributed by atoms with Crippen LogP contribution in [0.3, 0.4) is 0 Å². The molecule has 0 bridgehead atoms. The van der Waals surface area contributed by atoms with Crippen LogP contribution in [0.25, 0.3) is 0 Å². The number of nitrogens with zero attached hydrogens (tertiary/aromatic N) is 3. The van der Waals surface area contributed by atoms with Gasteiger partial charge in [-0.1, -0.05) is 13.8 Å². The number of rotatable bonds is 4. The van der Waals surface area contributed by atoms with Crippen molar-refractivity contribution in [2.24, 2.45) is 11.8 Å². The number of halogens is 2.